The molecule has 3 aliphatic rings. The lowest BCUT2D eigenvalue weighted by atomic mass is 9.80. The van der Waals surface area contributed by atoms with Crippen LogP contribution in [0.15, 0.2) is 48.5 Å². The maximum atomic E-state index is 11.6. The summed E-state index contributed by atoms with van der Waals surface area (Å²) < 4.78 is 4.78. The number of fused-ring (bicyclic) bond motifs is 2. The molecular formula is C22H25NO2. The van der Waals surface area contributed by atoms with Crippen molar-refractivity contribution >= 4 is 5.97 Å². The number of methoxy groups -OCH3 is 1. The Balaban J connectivity index is 1.51. The molecule has 2 bridgehead atoms. The molecule has 0 aromatic heterocycles. The van der Waals surface area contributed by atoms with E-state index in [0.717, 1.165) is 18.9 Å². The fourth-order valence-electron chi connectivity index (χ4n) is 4.39. The predicted molar refractivity (Wildman–Crippen MR) is 98.6 cm³/mol. The van der Waals surface area contributed by atoms with Crippen molar-refractivity contribution < 1.29 is 9.53 Å². The Hall–Kier alpha value is -2.13. The molecular weight excluding hydrogens is 310 g/mol. The minimum absolute atomic E-state index is 0.270. The van der Waals surface area contributed by atoms with E-state index in [4.69, 9.17) is 4.74 Å². The van der Waals surface area contributed by atoms with Gasteiger partial charge >= 0.3 is 5.97 Å². The number of hydrogen-bond donors (Lipinski definition) is 0. The lowest BCUT2D eigenvalue weighted by Crippen LogP contribution is -2.46. The fourth-order valence-corrected chi connectivity index (χ4v) is 4.39. The lowest BCUT2D eigenvalue weighted by molar-refractivity contribution is 0.0600. The van der Waals surface area contributed by atoms with Gasteiger partial charge in [-0.15, -0.1) is 0 Å². The van der Waals surface area contributed by atoms with Gasteiger partial charge in [0, 0.05) is 19.1 Å². The number of hydrogen-bond acceptors (Lipinski definition) is 3. The normalized spacial score (nSPS) is 22.8. The summed E-state index contributed by atoms with van der Waals surface area (Å²) in [4.78, 5) is 14.2. The Bertz CT molecular complexity index is 753. The predicted octanol–water partition coefficient (Wildman–Crippen LogP) is 3.85. The first-order valence-electron chi connectivity index (χ1n) is 9.21. The van der Waals surface area contributed by atoms with E-state index in [2.05, 4.69) is 41.3 Å². The molecule has 3 heteroatoms. The zero-order valence-electron chi connectivity index (χ0n) is 14.8. The Morgan fingerprint density at radius 2 is 1.76 bits per heavy atom. The molecule has 1 aliphatic carbocycles. The monoisotopic (exact) mass is 335 g/mol. The van der Waals surface area contributed by atoms with Crippen LogP contribution in [0.4, 0.5) is 0 Å². The van der Waals surface area contributed by atoms with Gasteiger partial charge in [0.1, 0.15) is 0 Å². The third kappa shape index (κ3) is 3.47. The van der Waals surface area contributed by atoms with E-state index < -0.39 is 0 Å². The van der Waals surface area contributed by atoms with Gasteiger partial charge in [-0.3, -0.25) is 4.90 Å². The van der Waals surface area contributed by atoms with E-state index in [1.165, 1.54) is 44.0 Å². The van der Waals surface area contributed by atoms with E-state index in [-0.39, 0.29) is 5.97 Å². The molecule has 0 spiro atoms. The van der Waals surface area contributed by atoms with Crippen LogP contribution < -0.4 is 0 Å². The smallest absolute Gasteiger partial charge is 0.337 e. The van der Waals surface area contributed by atoms with E-state index >= 15 is 0 Å². The van der Waals surface area contributed by atoms with Crippen molar-refractivity contribution in [2.75, 3.05) is 13.7 Å². The first-order chi connectivity index (χ1) is 12.2. The fraction of sp³-hybridized carbons (Fsp3) is 0.409. The van der Waals surface area contributed by atoms with E-state index in [1.807, 2.05) is 12.1 Å². The minimum atomic E-state index is -0.270. The molecule has 0 N–H and O–H groups in total. The largest absolute Gasteiger partial charge is 0.465 e. The number of rotatable bonds is 3. The van der Waals surface area contributed by atoms with Crippen LogP contribution in [0.2, 0.25) is 0 Å². The molecule has 0 unspecified atom stereocenters. The molecule has 0 saturated carbocycles. The van der Waals surface area contributed by atoms with Crippen LogP contribution in [0.5, 0.6) is 0 Å². The van der Waals surface area contributed by atoms with Crippen molar-refractivity contribution in [1.29, 1.82) is 0 Å². The molecule has 5 rings (SSSR count). The summed E-state index contributed by atoms with van der Waals surface area (Å²) in [6, 6.07) is 17.5. The molecule has 3 nitrogen and oxygen atoms in total. The summed E-state index contributed by atoms with van der Waals surface area (Å²) >= 11 is 0. The van der Waals surface area contributed by atoms with Crippen LogP contribution in [-0.4, -0.2) is 30.6 Å². The number of piperidine rings is 1. The quantitative estimate of drug-likeness (QED) is 0.798. The number of benzene rings is 2. The van der Waals surface area contributed by atoms with Gasteiger partial charge in [0.25, 0.3) is 0 Å². The van der Waals surface area contributed by atoms with Crippen molar-refractivity contribution in [2.45, 2.75) is 38.3 Å². The highest BCUT2D eigenvalue weighted by Gasteiger charge is 2.31. The van der Waals surface area contributed by atoms with Gasteiger partial charge in [0.15, 0.2) is 0 Å². The van der Waals surface area contributed by atoms with E-state index in [1.54, 1.807) is 5.56 Å². The first kappa shape index (κ1) is 16.3. The summed E-state index contributed by atoms with van der Waals surface area (Å²) in [5, 5.41) is 0. The molecule has 0 amide bonds. The minimum Gasteiger partial charge on any atom is -0.465 e. The Kier molecular flexibility index (Phi) is 4.58. The van der Waals surface area contributed by atoms with Gasteiger partial charge in [-0.05, 0) is 60.4 Å². The summed E-state index contributed by atoms with van der Waals surface area (Å²) in [5.74, 6) is 0.487. The number of ether oxygens (including phenoxy) is 1. The molecule has 2 aliphatic heterocycles. The van der Waals surface area contributed by atoms with Gasteiger partial charge in [-0.25, -0.2) is 4.79 Å². The molecule has 25 heavy (non-hydrogen) atoms. The van der Waals surface area contributed by atoms with Gasteiger partial charge < -0.3 is 4.74 Å². The van der Waals surface area contributed by atoms with Crippen molar-refractivity contribution in [3.63, 3.8) is 0 Å². The molecule has 0 radical (unpaired) electrons. The Labute approximate surface area is 149 Å². The third-order valence-electron chi connectivity index (χ3n) is 5.76. The van der Waals surface area contributed by atoms with Gasteiger partial charge in [-0.1, -0.05) is 36.4 Å². The maximum absolute atomic E-state index is 11.6. The molecule has 2 atom stereocenters. The van der Waals surface area contributed by atoms with Crippen LogP contribution >= 0.6 is 0 Å². The molecule has 2 aromatic rings. The van der Waals surface area contributed by atoms with Gasteiger partial charge in [0.05, 0.1) is 12.7 Å². The zero-order valence-corrected chi connectivity index (χ0v) is 14.8. The molecule has 1 fully saturated rings. The lowest BCUT2D eigenvalue weighted by Gasteiger charge is -2.42. The zero-order chi connectivity index (χ0) is 17.2. The average Bonchev–Trinajstić information content (AvgIpc) is 2.62. The van der Waals surface area contributed by atoms with E-state index in [0.29, 0.717) is 11.6 Å². The highest BCUT2D eigenvalue weighted by molar-refractivity contribution is 5.89. The molecule has 2 aromatic carbocycles. The summed E-state index contributed by atoms with van der Waals surface area (Å²) in [5.41, 5.74) is 4.98. The SMILES string of the molecule is COC(=O)c1ccc(CN2C[C@@H]3CC[C@H]2Cc2ccccc2C3)cc1. The number of carbonyl (C=O) groups excluding carboxylic acids is 1. The average molecular weight is 335 g/mol. The summed E-state index contributed by atoms with van der Waals surface area (Å²) in [6.07, 6.45) is 5.00. The standard InChI is InChI=1S/C22H25NO2/c1-25-22(24)18-9-6-16(7-10-18)14-23-15-17-8-11-21(23)13-20-5-3-2-4-19(20)12-17/h2-7,9-10,17,21H,8,11-15H2,1H3/t17-,21+/m1/s1. The summed E-state index contributed by atoms with van der Waals surface area (Å²) in [7, 11) is 1.42. The van der Waals surface area contributed by atoms with Crippen LogP contribution in [-0.2, 0) is 24.1 Å². The van der Waals surface area contributed by atoms with Crippen LogP contribution in [0.3, 0.4) is 0 Å². The Morgan fingerprint density at radius 3 is 2.48 bits per heavy atom. The van der Waals surface area contributed by atoms with Crippen LogP contribution in [0.25, 0.3) is 0 Å². The first-order valence-corrected chi connectivity index (χ1v) is 9.21. The molecule has 1 saturated heterocycles. The van der Waals surface area contributed by atoms with Crippen molar-refractivity contribution in [1.82, 2.24) is 4.90 Å². The number of carbonyl (C=O) groups is 1. The number of esters is 1. The molecule has 130 valence electrons. The highest BCUT2D eigenvalue weighted by Crippen LogP contribution is 2.33. The highest BCUT2D eigenvalue weighted by atomic mass is 16.5. The van der Waals surface area contributed by atoms with E-state index in [9.17, 15) is 4.79 Å². The van der Waals surface area contributed by atoms with Gasteiger partial charge in [-0.2, -0.15) is 0 Å². The van der Waals surface area contributed by atoms with Crippen molar-refractivity contribution in [3.8, 4) is 0 Å². The topological polar surface area (TPSA) is 29.5 Å². The second kappa shape index (κ2) is 7.01. The number of nitrogens with zero attached hydrogens (tertiary/aromatic N) is 1. The maximum Gasteiger partial charge on any atom is 0.337 e. The third-order valence-corrected chi connectivity index (χ3v) is 5.76. The van der Waals surface area contributed by atoms with Crippen molar-refractivity contribution in [2.24, 2.45) is 5.92 Å². The molecule has 2 heterocycles. The van der Waals surface area contributed by atoms with Gasteiger partial charge in [0.2, 0.25) is 0 Å². The van der Waals surface area contributed by atoms with Crippen LogP contribution in [0, 0.1) is 5.92 Å². The van der Waals surface area contributed by atoms with Crippen molar-refractivity contribution in [3.05, 3.63) is 70.8 Å². The Morgan fingerprint density at radius 1 is 1.04 bits per heavy atom. The van der Waals surface area contributed by atoms with Crippen LogP contribution in [0.1, 0.15) is 39.9 Å². The second-order valence-corrected chi connectivity index (χ2v) is 7.39. The summed E-state index contributed by atoms with van der Waals surface area (Å²) in [6.45, 7) is 2.14. The second-order valence-electron chi connectivity index (χ2n) is 7.39.